The minimum absolute atomic E-state index is 0.0120. The fraction of sp³-hybridized carbons (Fsp3) is 0.286. The number of benzene rings is 2. The number of carbonyl (C=O) groups excluding carboxylic acids is 1. The van der Waals surface area contributed by atoms with Gasteiger partial charge in [0.2, 0.25) is 5.91 Å². The van der Waals surface area contributed by atoms with Crippen molar-refractivity contribution in [3.8, 4) is 17.2 Å². The molecule has 1 fully saturated rings. The Morgan fingerprint density at radius 3 is 2.76 bits per heavy atom. The van der Waals surface area contributed by atoms with E-state index in [1.54, 1.807) is 30.0 Å². The topological polar surface area (TPSA) is 78.3 Å². The molecule has 0 spiro atoms. The van der Waals surface area contributed by atoms with Gasteiger partial charge in [0.05, 0.1) is 12.8 Å². The van der Waals surface area contributed by atoms with Crippen LogP contribution in [0.4, 0.5) is 4.39 Å². The maximum absolute atomic E-state index is 13.7. The molecule has 4 rings (SSSR count). The van der Waals surface area contributed by atoms with Crippen LogP contribution in [-0.4, -0.2) is 33.8 Å². The maximum Gasteiger partial charge on any atom is 0.220 e. The Morgan fingerprint density at radius 1 is 1.21 bits per heavy atom. The van der Waals surface area contributed by atoms with Gasteiger partial charge in [0.25, 0.3) is 0 Å². The molecule has 29 heavy (non-hydrogen) atoms. The Morgan fingerprint density at radius 2 is 2.03 bits per heavy atom. The second-order valence-electron chi connectivity index (χ2n) is 6.78. The second kappa shape index (κ2) is 8.30. The van der Waals surface area contributed by atoms with Crippen molar-refractivity contribution in [1.82, 2.24) is 20.1 Å². The van der Waals surface area contributed by atoms with Crippen LogP contribution in [0.3, 0.4) is 0 Å². The van der Waals surface area contributed by atoms with Crippen molar-refractivity contribution in [2.75, 3.05) is 7.11 Å². The highest BCUT2D eigenvalue weighted by Gasteiger charge is 2.24. The zero-order chi connectivity index (χ0) is 20.2. The number of halogens is 1. The van der Waals surface area contributed by atoms with Crippen LogP contribution in [-0.2, 0) is 17.8 Å². The third kappa shape index (κ3) is 4.37. The first-order chi connectivity index (χ1) is 14.1. The Hall–Kier alpha value is -3.42. The van der Waals surface area contributed by atoms with E-state index in [-0.39, 0.29) is 24.4 Å². The molecule has 1 atom stereocenters. The van der Waals surface area contributed by atoms with Gasteiger partial charge in [-0.15, -0.1) is 5.10 Å². The average Bonchev–Trinajstić information content (AvgIpc) is 3.32. The summed E-state index contributed by atoms with van der Waals surface area (Å²) < 4.78 is 26.5. The molecular weight excluding hydrogens is 375 g/mol. The number of nitrogens with one attached hydrogen (secondary N) is 1. The lowest BCUT2D eigenvalue weighted by molar-refractivity contribution is -0.119. The Bertz CT molecular complexity index is 1020. The first kappa shape index (κ1) is 18.9. The molecule has 1 aliphatic heterocycles. The molecule has 1 aromatic heterocycles. The van der Waals surface area contributed by atoms with E-state index in [1.165, 1.54) is 12.1 Å². The molecule has 1 N–H and O–H groups in total. The van der Waals surface area contributed by atoms with Crippen molar-refractivity contribution in [3.63, 3.8) is 0 Å². The number of hydrogen-bond donors (Lipinski definition) is 1. The van der Waals surface area contributed by atoms with Crippen LogP contribution in [0.5, 0.6) is 11.5 Å². The van der Waals surface area contributed by atoms with Crippen LogP contribution >= 0.6 is 0 Å². The van der Waals surface area contributed by atoms with Crippen LogP contribution in [0.25, 0.3) is 5.69 Å². The summed E-state index contributed by atoms with van der Waals surface area (Å²) in [7, 11) is 1.58. The molecule has 150 valence electrons. The van der Waals surface area contributed by atoms with Crippen molar-refractivity contribution in [1.29, 1.82) is 0 Å². The largest absolute Gasteiger partial charge is 0.493 e. The van der Waals surface area contributed by atoms with Crippen LogP contribution < -0.4 is 14.8 Å². The lowest BCUT2D eigenvalue weighted by atomic mass is 10.1. The fourth-order valence-electron chi connectivity index (χ4n) is 3.33. The number of aromatic nitrogens is 3. The van der Waals surface area contributed by atoms with Gasteiger partial charge in [-0.3, -0.25) is 4.79 Å². The molecule has 0 radical (unpaired) electrons. The number of hydrogen-bond acceptors (Lipinski definition) is 5. The molecule has 1 amide bonds. The molecule has 3 aromatic rings. The minimum Gasteiger partial charge on any atom is -0.493 e. The molecule has 0 saturated carbocycles. The molecule has 1 aliphatic rings. The van der Waals surface area contributed by atoms with E-state index >= 15 is 0 Å². The Kier molecular flexibility index (Phi) is 5.41. The SMILES string of the molecule is COc1ccccc1OCc1nc(C[C@H]2CCC(=O)N2)n(-c2cccc(F)c2)n1. The summed E-state index contributed by atoms with van der Waals surface area (Å²) in [4.78, 5) is 16.1. The zero-order valence-corrected chi connectivity index (χ0v) is 16.0. The van der Waals surface area contributed by atoms with Crippen molar-refractivity contribution in [2.45, 2.75) is 31.9 Å². The summed E-state index contributed by atoms with van der Waals surface area (Å²) >= 11 is 0. The van der Waals surface area contributed by atoms with Crippen LogP contribution in [0.2, 0.25) is 0 Å². The zero-order valence-electron chi connectivity index (χ0n) is 16.0. The van der Waals surface area contributed by atoms with Gasteiger partial charge in [0, 0.05) is 18.9 Å². The third-order valence-electron chi connectivity index (χ3n) is 4.71. The highest BCUT2D eigenvalue weighted by atomic mass is 19.1. The second-order valence-corrected chi connectivity index (χ2v) is 6.78. The predicted octanol–water partition coefficient (Wildman–Crippen LogP) is 2.82. The normalized spacial score (nSPS) is 15.9. The number of nitrogens with zero attached hydrogens (tertiary/aromatic N) is 3. The smallest absolute Gasteiger partial charge is 0.220 e. The van der Waals surface area contributed by atoms with Gasteiger partial charge in [-0.05, 0) is 36.8 Å². The van der Waals surface area contributed by atoms with Gasteiger partial charge in [-0.25, -0.2) is 14.1 Å². The molecular formula is C21H21FN4O3. The number of amides is 1. The Balaban J connectivity index is 1.59. The van der Waals surface area contributed by atoms with E-state index in [1.807, 2.05) is 18.2 Å². The monoisotopic (exact) mass is 396 g/mol. The molecule has 2 heterocycles. The third-order valence-corrected chi connectivity index (χ3v) is 4.71. The lowest BCUT2D eigenvalue weighted by Crippen LogP contribution is -2.28. The van der Waals surface area contributed by atoms with Gasteiger partial charge < -0.3 is 14.8 Å². The standard InChI is InChI=1S/C21H21FN4O3/c1-28-17-7-2-3-8-18(17)29-13-19-24-20(12-15-9-10-21(27)23-15)26(25-19)16-6-4-5-14(22)11-16/h2-8,11,15H,9-10,12-13H2,1H3,(H,23,27)/t15-/m1/s1. The van der Waals surface area contributed by atoms with Crippen LogP contribution in [0.15, 0.2) is 48.5 Å². The van der Waals surface area contributed by atoms with Crippen molar-refractivity contribution >= 4 is 5.91 Å². The minimum atomic E-state index is -0.357. The number of rotatable bonds is 7. The number of carbonyl (C=O) groups is 1. The summed E-state index contributed by atoms with van der Waals surface area (Å²) in [5.41, 5.74) is 0.570. The molecule has 1 saturated heterocycles. The molecule has 0 unspecified atom stereocenters. The van der Waals surface area contributed by atoms with Gasteiger partial charge in [-0.1, -0.05) is 18.2 Å². The van der Waals surface area contributed by atoms with E-state index in [0.29, 0.717) is 41.7 Å². The van der Waals surface area contributed by atoms with E-state index in [9.17, 15) is 9.18 Å². The molecule has 8 heteroatoms. The van der Waals surface area contributed by atoms with Gasteiger partial charge in [-0.2, -0.15) is 0 Å². The van der Waals surface area contributed by atoms with E-state index in [4.69, 9.17) is 9.47 Å². The first-order valence-corrected chi connectivity index (χ1v) is 9.38. The summed E-state index contributed by atoms with van der Waals surface area (Å²) in [6.07, 6.45) is 1.74. The van der Waals surface area contributed by atoms with Gasteiger partial charge in [0.1, 0.15) is 18.2 Å². The summed E-state index contributed by atoms with van der Waals surface area (Å²) in [5.74, 6) is 1.98. The summed E-state index contributed by atoms with van der Waals surface area (Å²) in [6, 6.07) is 13.5. The number of para-hydroxylation sites is 2. The van der Waals surface area contributed by atoms with Crippen LogP contribution in [0.1, 0.15) is 24.5 Å². The van der Waals surface area contributed by atoms with Crippen LogP contribution in [0, 0.1) is 5.82 Å². The molecule has 7 nitrogen and oxygen atoms in total. The van der Waals surface area contributed by atoms with E-state index in [0.717, 1.165) is 6.42 Å². The van der Waals surface area contributed by atoms with Crippen molar-refractivity contribution < 1.29 is 18.7 Å². The first-order valence-electron chi connectivity index (χ1n) is 9.38. The lowest BCUT2D eigenvalue weighted by Gasteiger charge is -2.10. The highest BCUT2D eigenvalue weighted by molar-refractivity contribution is 5.78. The predicted molar refractivity (Wildman–Crippen MR) is 104 cm³/mol. The average molecular weight is 396 g/mol. The fourth-order valence-corrected chi connectivity index (χ4v) is 3.33. The maximum atomic E-state index is 13.7. The highest BCUT2D eigenvalue weighted by Crippen LogP contribution is 2.26. The van der Waals surface area contributed by atoms with Gasteiger partial charge >= 0.3 is 0 Å². The van der Waals surface area contributed by atoms with Crippen molar-refractivity contribution in [2.24, 2.45) is 0 Å². The molecule has 2 aromatic carbocycles. The molecule has 0 bridgehead atoms. The van der Waals surface area contributed by atoms with Gasteiger partial charge in [0.15, 0.2) is 17.3 Å². The Labute approximate surface area is 167 Å². The number of ether oxygens (including phenoxy) is 2. The molecule has 0 aliphatic carbocycles. The quantitative estimate of drug-likeness (QED) is 0.665. The summed E-state index contributed by atoms with van der Waals surface area (Å²) in [6.45, 7) is 0.132. The van der Waals surface area contributed by atoms with Crippen molar-refractivity contribution in [3.05, 3.63) is 66.0 Å². The van der Waals surface area contributed by atoms with E-state index < -0.39 is 0 Å². The van der Waals surface area contributed by atoms with E-state index in [2.05, 4.69) is 15.4 Å². The number of methoxy groups -OCH3 is 1. The summed E-state index contributed by atoms with van der Waals surface area (Å²) in [5, 5.41) is 7.45.